The summed E-state index contributed by atoms with van der Waals surface area (Å²) in [5.41, 5.74) is 3.46. The van der Waals surface area contributed by atoms with Gasteiger partial charge in [0.05, 0.1) is 43.2 Å². The highest BCUT2D eigenvalue weighted by Crippen LogP contribution is 2.46. The van der Waals surface area contributed by atoms with Gasteiger partial charge in [-0.3, -0.25) is 14.5 Å². The van der Waals surface area contributed by atoms with E-state index in [1.165, 1.54) is 30.5 Å². The van der Waals surface area contributed by atoms with E-state index in [1.807, 2.05) is 32.0 Å². The zero-order valence-electron chi connectivity index (χ0n) is 21.6. The molecular weight excluding hydrogens is 504 g/mol. The Morgan fingerprint density at radius 3 is 2.29 bits per heavy atom. The smallest absolute Gasteiger partial charge is 0.301 e. The molecule has 4 aromatic rings. The second-order valence-corrected chi connectivity index (χ2v) is 9.94. The Hall–Kier alpha value is -4.37. The molecule has 0 saturated carbocycles. The van der Waals surface area contributed by atoms with Crippen LogP contribution in [0.25, 0.3) is 16.0 Å². The first-order valence-electron chi connectivity index (χ1n) is 11.8. The highest BCUT2D eigenvalue weighted by Gasteiger charge is 2.48. The SMILES string of the molecule is COc1ccc(C(O)=C2C(=O)C(=O)N(c3nc4ccc(C)cc4s3)C2c2ccc(OC)c(OC)c2)cc1C. The summed E-state index contributed by atoms with van der Waals surface area (Å²) in [6.45, 7) is 3.81. The Kier molecular flexibility index (Phi) is 6.54. The van der Waals surface area contributed by atoms with Gasteiger partial charge in [0.15, 0.2) is 16.6 Å². The molecule has 38 heavy (non-hydrogen) atoms. The molecule has 5 rings (SSSR count). The molecule has 0 radical (unpaired) electrons. The van der Waals surface area contributed by atoms with Gasteiger partial charge in [-0.1, -0.05) is 23.5 Å². The molecule has 0 spiro atoms. The van der Waals surface area contributed by atoms with Crippen molar-refractivity contribution in [3.05, 3.63) is 82.4 Å². The monoisotopic (exact) mass is 530 g/mol. The molecule has 1 aliphatic heterocycles. The van der Waals surface area contributed by atoms with Crippen molar-refractivity contribution >= 4 is 44.1 Å². The topological polar surface area (TPSA) is 98.2 Å². The van der Waals surface area contributed by atoms with Crippen molar-refractivity contribution in [1.29, 1.82) is 0 Å². The number of aliphatic hydroxyl groups is 1. The van der Waals surface area contributed by atoms with Gasteiger partial charge in [-0.25, -0.2) is 4.98 Å². The molecule has 1 saturated heterocycles. The highest BCUT2D eigenvalue weighted by molar-refractivity contribution is 7.22. The van der Waals surface area contributed by atoms with Crippen LogP contribution in [0.3, 0.4) is 0 Å². The number of ketones is 1. The maximum absolute atomic E-state index is 13.5. The van der Waals surface area contributed by atoms with E-state index in [4.69, 9.17) is 14.2 Å². The van der Waals surface area contributed by atoms with E-state index >= 15 is 0 Å². The number of hydrogen-bond acceptors (Lipinski definition) is 8. The van der Waals surface area contributed by atoms with Gasteiger partial charge >= 0.3 is 5.91 Å². The fraction of sp³-hybridized carbons (Fsp3) is 0.207. The molecule has 2 heterocycles. The van der Waals surface area contributed by atoms with Gasteiger partial charge in [0.25, 0.3) is 5.78 Å². The van der Waals surface area contributed by atoms with E-state index in [0.29, 0.717) is 39.0 Å². The van der Waals surface area contributed by atoms with E-state index in [1.54, 1.807) is 43.5 Å². The van der Waals surface area contributed by atoms with E-state index < -0.39 is 17.7 Å². The van der Waals surface area contributed by atoms with Crippen LogP contribution in [0, 0.1) is 13.8 Å². The van der Waals surface area contributed by atoms with Crippen molar-refractivity contribution in [3.63, 3.8) is 0 Å². The summed E-state index contributed by atoms with van der Waals surface area (Å²) in [6, 6.07) is 15.1. The minimum absolute atomic E-state index is 0.0396. The van der Waals surface area contributed by atoms with Gasteiger partial charge in [-0.15, -0.1) is 0 Å². The average Bonchev–Trinajstić information content (AvgIpc) is 3.45. The molecule has 0 aliphatic carbocycles. The number of methoxy groups -OCH3 is 3. The van der Waals surface area contributed by atoms with Crippen molar-refractivity contribution in [2.24, 2.45) is 0 Å². The number of anilines is 1. The summed E-state index contributed by atoms with van der Waals surface area (Å²) in [5, 5.41) is 11.8. The minimum Gasteiger partial charge on any atom is -0.507 e. The number of ether oxygens (including phenoxy) is 3. The Morgan fingerprint density at radius 1 is 0.895 bits per heavy atom. The fourth-order valence-corrected chi connectivity index (χ4v) is 5.76. The van der Waals surface area contributed by atoms with Crippen molar-refractivity contribution in [1.82, 2.24) is 4.98 Å². The highest BCUT2D eigenvalue weighted by atomic mass is 32.1. The normalized spacial score (nSPS) is 16.8. The van der Waals surface area contributed by atoms with Crippen molar-refractivity contribution in [2.45, 2.75) is 19.9 Å². The molecule has 1 aromatic heterocycles. The minimum atomic E-state index is -0.945. The number of fused-ring (bicyclic) bond motifs is 1. The molecule has 1 N–H and O–H groups in total. The first-order chi connectivity index (χ1) is 18.3. The number of amides is 1. The molecule has 0 bridgehead atoms. The number of aliphatic hydroxyl groups excluding tert-OH is 1. The summed E-state index contributed by atoms with van der Waals surface area (Å²) in [6.07, 6.45) is 0. The van der Waals surface area contributed by atoms with Crippen LogP contribution in [0.4, 0.5) is 5.13 Å². The lowest BCUT2D eigenvalue weighted by Gasteiger charge is -2.23. The number of hydrogen-bond donors (Lipinski definition) is 1. The Bertz CT molecular complexity index is 1620. The van der Waals surface area contributed by atoms with Gasteiger partial charge < -0.3 is 19.3 Å². The molecule has 3 aromatic carbocycles. The summed E-state index contributed by atoms with van der Waals surface area (Å²) < 4.78 is 17.1. The number of benzene rings is 3. The molecular formula is C29H26N2O6S. The van der Waals surface area contributed by atoms with Crippen LogP contribution >= 0.6 is 11.3 Å². The Morgan fingerprint density at radius 2 is 1.61 bits per heavy atom. The van der Waals surface area contributed by atoms with Crippen molar-refractivity contribution in [3.8, 4) is 17.2 Å². The van der Waals surface area contributed by atoms with Gasteiger partial charge in [-0.05, 0) is 73.0 Å². The number of thiazole rings is 1. The number of Topliss-reactive ketones (excluding diaryl/α,β-unsaturated/α-hetero) is 1. The third-order valence-electron chi connectivity index (χ3n) is 6.57. The van der Waals surface area contributed by atoms with E-state index in [-0.39, 0.29) is 11.3 Å². The second-order valence-electron chi connectivity index (χ2n) is 8.94. The van der Waals surface area contributed by atoms with Crippen LogP contribution in [-0.2, 0) is 9.59 Å². The van der Waals surface area contributed by atoms with E-state index in [9.17, 15) is 14.7 Å². The summed E-state index contributed by atoms with van der Waals surface area (Å²) in [5.74, 6) is -0.291. The largest absolute Gasteiger partial charge is 0.507 e. The predicted octanol–water partition coefficient (Wildman–Crippen LogP) is 5.57. The van der Waals surface area contributed by atoms with Crippen molar-refractivity contribution in [2.75, 3.05) is 26.2 Å². The standard InChI is InChI=1S/C29H26N2O6S/c1-15-6-9-19-23(12-15)38-29(30-19)31-25(17-7-11-21(36-4)22(14-17)37-5)24(27(33)28(31)34)26(32)18-8-10-20(35-3)16(2)13-18/h6-14,25,32H,1-5H3. The van der Waals surface area contributed by atoms with Crippen LogP contribution in [0.2, 0.25) is 0 Å². The molecule has 194 valence electrons. The third kappa shape index (κ3) is 4.14. The predicted molar refractivity (Wildman–Crippen MR) is 146 cm³/mol. The van der Waals surface area contributed by atoms with Gasteiger partial charge in [0.2, 0.25) is 0 Å². The number of aromatic nitrogens is 1. The van der Waals surface area contributed by atoms with Gasteiger partial charge in [0, 0.05) is 5.56 Å². The molecule has 8 nitrogen and oxygen atoms in total. The third-order valence-corrected chi connectivity index (χ3v) is 7.59. The fourth-order valence-electron chi connectivity index (χ4n) is 4.67. The van der Waals surface area contributed by atoms with E-state index in [2.05, 4.69) is 4.98 Å². The zero-order valence-corrected chi connectivity index (χ0v) is 22.4. The maximum Gasteiger partial charge on any atom is 0.301 e. The molecule has 1 atom stereocenters. The second kappa shape index (κ2) is 9.83. The number of nitrogens with zero attached hydrogens (tertiary/aromatic N) is 2. The van der Waals surface area contributed by atoms with Crippen LogP contribution < -0.4 is 19.1 Å². The van der Waals surface area contributed by atoms with Gasteiger partial charge in [0.1, 0.15) is 11.5 Å². The van der Waals surface area contributed by atoms with Crippen LogP contribution in [0.5, 0.6) is 17.2 Å². The molecule has 1 aliphatic rings. The lowest BCUT2D eigenvalue weighted by Crippen LogP contribution is -2.29. The number of aryl methyl sites for hydroxylation is 2. The summed E-state index contributed by atoms with van der Waals surface area (Å²) in [7, 11) is 4.59. The first-order valence-corrected chi connectivity index (χ1v) is 12.6. The zero-order chi connectivity index (χ0) is 27.1. The lowest BCUT2D eigenvalue weighted by molar-refractivity contribution is -0.132. The van der Waals surface area contributed by atoms with Crippen molar-refractivity contribution < 1.29 is 28.9 Å². The molecule has 9 heteroatoms. The van der Waals surface area contributed by atoms with Crippen LogP contribution in [0.1, 0.15) is 28.3 Å². The Balaban J connectivity index is 1.74. The number of carbonyl (C=O) groups excluding carboxylic acids is 2. The lowest BCUT2D eigenvalue weighted by atomic mass is 9.94. The van der Waals surface area contributed by atoms with E-state index in [0.717, 1.165) is 15.8 Å². The molecule has 1 amide bonds. The van der Waals surface area contributed by atoms with Crippen LogP contribution in [0.15, 0.2) is 60.2 Å². The summed E-state index contributed by atoms with van der Waals surface area (Å²) in [4.78, 5) is 33.1. The van der Waals surface area contributed by atoms with Gasteiger partial charge in [-0.2, -0.15) is 0 Å². The summed E-state index contributed by atoms with van der Waals surface area (Å²) >= 11 is 1.31. The maximum atomic E-state index is 13.5. The first kappa shape index (κ1) is 25.3. The van der Waals surface area contributed by atoms with Crippen LogP contribution in [-0.4, -0.2) is 43.1 Å². The number of carbonyl (C=O) groups is 2. The quantitative estimate of drug-likeness (QED) is 0.198. The Labute approximate surface area is 223 Å². The molecule has 1 fully saturated rings. The number of rotatable bonds is 6. The average molecular weight is 531 g/mol. The molecule has 1 unspecified atom stereocenters.